The highest BCUT2D eigenvalue weighted by Crippen LogP contribution is 2.28. The zero-order chi connectivity index (χ0) is 14.7. The van der Waals surface area contributed by atoms with Gasteiger partial charge in [0, 0.05) is 18.5 Å². The zero-order valence-corrected chi connectivity index (χ0v) is 11.3. The van der Waals surface area contributed by atoms with Crippen molar-refractivity contribution in [3.05, 3.63) is 23.5 Å². The standard InChI is InChI=1S/C14H18FN3O2/c1-8(7-16)4-14(20)18-12-6-11-9(5-10(12)15)2-3-13(19)17-11/h5-6,8H,2-4,7,16H2,1H3,(H,17,19)(H,18,20). The molecular formula is C14H18FN3O2. The van der Waals surface area contributed by atoms with Crippen molar-refractivity contribution in [1.82, 2.24) is 0 Å². The number of aryl methyl sites for hydroxylation is 1. The van der Waals surface area contributed by atoms with Gasteiger partial charge < -0.3 is 16.4 Å². The number of halogens is 1. The van der Waals surface area contributed by atoms with Gasteiger partial charge in [-0.25, -0.2) is 4.39 Å². The number of nitrogens with one attached hydrogen (secondary N) is 2. The summed E-state index contributed by atoms with van der Waals surface area (Å²) in [6.45, 7) is 2.25. The molecule has 0 saturated heterocycles. The summed E-state index contributed by atoms with van der Waals surface area (Å²) in [5.74, 6) is -0.842. The van der Waals surface area contributed by atoms with E-state index >= 15 is 0 Å². The van der Waals surface area contributed by atoms with Crippen LogP contribution in [0.4, 0.5) is 15.8 Å². The Balaban J connectivity index is 2.14. The maximum absolute atomic E-state index is 13.9. The lowest BCUT2D eigenvalue weighted by atomic mass is 10.0. The lowest BCUT2D eigenvalue weighted by Crippen LogP contribution is -2.22. The molecule has 1 atom stereocenters. The number of hydrogen-bond donors (Lipinski definition) is 3. The summed E-state index contributed by atoms with van der Waals surface area (Å²) in [7, 11) is 0. The van der Waals surface area contributed by atoms with E-state index in [-0.39, 0.29) is 29.8 Å². The summed E-state index contributed by atoms with van der Waals surface area (Å²) in [4.78, 5) is 23.1. The smallest absolute Gasteiger partial charge is 0.224 e. The molecule has 0 radical (unpaired) electrons. The summed E-state index contributed by atoms with van der Waals surface area (Å²) in [6, 6.07) is 2.82. The Labute approximate surface area is 116 Å². The van der Waals surface area contributed by atoms with E-state index in [9.17, 15) is 14.0 Å². The predicted molar refractivity (Wildman–Crippen MR) is 74.8 cm³/mol. The first kappa shape index (κ1) is 14.5. The lowest BCUT2D eigenvalue weighted by molar-refractivity contribution is -0.117. The van der Waals surface area contributed by atoms with Gasteiger partial charge >= 0.3 is 0 Å². The van der Waals surface area contributed by atoms with Gasteiger partial charge in [0.15, 0.2) is 0 Å². The summed E-state index contributed by atoms with van der Waals surface area (Å²) < 4.78 is 13.9. The molecule has 1 aromatic carbocycles. The van der Waals surface area contributed by atoms with E-state index in [0.29, 0.717) is 25.1 Å². The fraction of sp³-hybridized carbons (Fsp3) is 0.429. The van der Waals surface area contributed by atoms with Crippen molar-refractivity contribution in [3.63, 3.8) is 0 Å². The van der Waals surface area contributed by atoms with Crippen LogP contribution in [0.2, 0.25) is 0 Å². The van der Waals surface area contributed by atoms with Gasteiger partial charge in [-0.15, -0.1) is 0 Å². The fourth-order valence-corrected chi connectivity index (χ4v) is 2.10. The monoisotopic (exact) mass is 279 g/mol. The Morgan fingerprint density at radius 1 is 1.50 bits per heavy atom. The average molecular weight is 279 g/mol. The van der Waals surface area contributed by atoms with Gasteiger partial charge in [-0.3, -0.25) is 9.59 Å². The number of anilines is 2. The number of rotatable bonds is 4. The number of carbonyl (C=O) groups excluding carboxylic acids is 2. The van der Waals surface area contributed by atoms with Crippen molar-refractivity contribution in [2.45, 2.75) is 26.2 Å². The van der Waals surface area contributed by atoms with Crippen LogP contribution in [0.1, 0.15) is 25.3 Å². The van der Waals surface area contributed by atoms with Gasteiger partial charge in [-0.2, -0.15) is 0 Å². The van der Waals surface area contributed by atoms with Crippen LogP contribution in [0, 0.1) is 11.7 Å². The first-order valence-corrected chi connectivity index (χ1v) is 6.61. The highest BCUT2D eigenvalue weighted by molar-refractivity contribution is 5.96. The van der Waals surface area contributed by atoms with Crippen LogP contribution in [-0.4, -0.2) is 18.4 Å². The van der Waals surface area contributed by atoms with Gasteiger partial charge in [0.05, 0.1) is 5.69 Å². The molecule has 20 heavy (non-hydrogen) atoms. The molecule has 0 fully saturated rings. The summed E-state index contributed by atoms with van der Waals surface area (Å²) in [5, 5.41) is 5.20. The predicted octanol–water partition coefficient (Wildman–Crippen LogP) is 1.63. The van der Waals surface area contributed by atoms with Crippen LogP contribution in [-0.2, 0) is 16.0 Å². The first-order valence-electron chi connectivity index (χ1n) is 6.61. The number of carbonyl (C=O) groups is 2. The Bertz CT molecular complexity index is 545. The molecule has 5 nitrogen and oxygen atoms in total. The molecule has 6 heteroatoms. The molecule has 108 valence electrons. The summed E-state index contributed by atoms with van der Waals surface area (Å²) in [6.07, 6.45) is 1.10. The van der Waals surface area contributed by atoms with Crippen LogP contribution < -0.4 is 16.4 Å². The fourth-order valence-electron chi connectivity index (χ4n) is 2.10. The largest absolute Gasteiger partial charge is 0.330 e. The molecule has 0 spiro atoms. The van der Waals surface area contributed by atoms with Crippen molar-refractivity contribution in [2.75, 3.05) is 17.2 Å². The van der Waals surface area contributed by atoms with Crippen molar-refractivity contribution in [2.24, 2.45) is 11.7 Å². The van der Waals surface area contributed by atoms with Gasteiger partial charge in [0.2, 0.25) is 11.8 Å². The van der Waals surface area contributed by atoms with Crippen LogP contribution in [0.15, 0.2) is 12.1 Å². The van der Waals surface area contributed by atoms with Crippen molar-refractivity contribution < 1.29 is 14.0 Å². The molecule has 2 rings (SSSR count). The molecule has 2 amide bonds. The Morgan fingerprint density at radius 3 is 2.95 bits per heavy atom. The Kier molecular flexibility index (Phi) is 4.34. The Morgan fingerprint density at radius 2 is 2.25 bits per heavy atom. The molecule has 0 bridgehead atoms. The topological polar surface area (TPSA) is 84.2 Å². The molecule has 4 N–H and O–H groups in total. The van der Waals surface area contributed by atoms with Crippen LogP contribution in [0.5, 0.6) is 0 Å². The minimum absolute atomic E-state index is 0.0374. The van der Waals surface area contributed by atoms with E-state index in [4.69, 9.17) is 5.73 Å². The van der Waals surface area contributed by atoms with Crippen molar-refractivity contribution in [1.29, 1.82) is 0 Å². The van der Waals surface area contributed by atoms with Crippen LogP contribution >= 0.6 is 0 Å². The minimum atomic E-state index is -0.492. The SMILES string of the molecule is CC(CN)CC(=O)Nc1cc2c(cc1F)CCC(=O)N2. The molecule has 1 unspecified atom stereocenters. The first-order chi connectivity index (χ1) is 9.49. The van der Waals surface area contributed by atoms with Crippen LogP contribution in [0.3, 0.4) is 0 Å². The highest BCUT2D eigenvalue weighted by atomic mass is 19.1. The summed E-state index contributed by atoms with van der Waals surface area (Å²) >= 11 is 0. The highest BCUT2D eigenvalue weighted by Gasteiger charge is 2.18. The van der Waals surface area contributed by atoms with E-state index in [2.05, 4.69) is 10.6 Å². The Hall–Kier alpha value is -1.95. The maximum Gasteiger partial charge on any atom is 0.224 e. The second-order valence-corrected chi connectivity index (χ2v) is 5.13. The van der Waals surface area contributed by atoms with E-state index in [1.54, 1.807) is 0 Å². The third-order valence-corrected chi connectivity index (χ3v) is 3.30. The normalized spacial score (nSPS) is 15.2. The van der Waals surface area contributed by atoms with Gasteiger partial charge in [0.1, 0.15) is 5.82 Å². The zero-order valence-electron chi connectivity index (χ0n) is 11.3. The third kappa shape index (κ3) is 3.33. The molecule has 1 heterocycles. The number of nitrogens with two attached hydrogens (primary N) is 1. The second kappa shape index (κ2) is 6.00. The number of fused-ring (bicyclic) bond motifs is 1. The second-order valence-electron chi connectivity index (χ2n) is 5.13. The van der Waals surface area contributed by atoms with E-state index in [0.717, 1.165) is 5.56 Å². The van der Waals surface area contributed by atoms with Crippen molar-refractivity contribution in [3.8, 4) is 0 Å². The number of amides is 2. The molecule has 1 aliphatic rings. The molecule has 0 aliphatic carbocycles. The summed E-state index contributed by atoms with van der Waals surface area (Å²) in [5.41, 5.74) is 6.84. The molecule has 0 aromatic heterocycles. The third-order valence-electron chi connectivity index (χ3n) is 3.30. The van der Waals surface area contributed by atoms with Crippen LogP contribution in [0.25, 0.3) is 0 Å². The van der Waals surface area contributed by atoms with E-state index < -0.39 is 5.82 Å². The maximum atomic E-state index is 13.9. The molecule has 1 aliphatic heterocycles. The minimum Gasteiger partial charge on any atom is -0.330 e. The van der Waals surface area contributed by atoms with E-state index in [1.165, 1.54) is 12.1 Å². The van der Waals surface area contributed by atoms with Gasteiger partial charge in [-0.1, -0.05) is 6.92 Å². The van der Waals surface area contributed by atoms with Crippen molar-refractivity contribution >= 4 is 23.2 Å². The molecule has 0 saturated carbocycles. The average Bonchev–Trinajstić information content (AvgIpc) is 2.40. The number of benzene rings is 1. The molecular weight excluding hydrogens is 261 g/mol. The number of hydrogen-bond acceptors (Lipinski definition) is 3. The quantitative estimate of drug-likeness (QED) is 0.783. The molecule has 1 aromatic rings. The van der Waals surface area contributed by atoms with E-state index in [1.807, 2.05) is 6.92 Å². The lowest BCUT2D eigenvalue weighted by Gasteiger charge is -2.18. The van der Waals surface area contributed by atoms with Gasteiger partial charge in [-0.05, 0) is 36.6 Å². The van der Waals surface area contributed by atoms with Gasteiger partial charge in [0.25, 0.3) is 0 Å².